The minimum Gasteiger partial charge on any atom is -0.377 e. The predicted molar refractivity (Wildman–Crippen MR) is 64.6 cm³/mol. The van der Waals surface area contributed by atoms with Crippen LogP contribution >= 0.6 is 0 Å². The van der Waals surface area contributed by atoms with Gasteiger partial charge < -0.3 is 9.47 Å². The molecule has 0 aliphatic carbocycles. The molecule has 0 aromatic carbocycles. The summed E-state index contributed by atoms with van der Waals surface area (Å²) < 4.78 is 11.4. The van der Waals surface area contributed by atoms with E-state index in [0.717, 1.165) is 19.6 Å². The summed E-state index contributed by atoms with van der Waals surface area (Å²) in [4.78, 5) is 2.51. The van der Waals surface area contributed by atoms with Gasteiger partial charge in [0.1, 0.15) is 0 Å². The average Bonchev–Trinajstić information content (AvgIpc) is 3.02. The average molecular weight is 227 g/mol. The Kier molecular flexibility index (Phi) is 3.30. The molecular weight excluding hydrogens is 202 g/mol. The zero-order chi connectivity index (χ0) is 11.9. The highest BCUT2D eigenvalue weighted by Crippen LogP contribution is 2.63. The van der Waals surface area contributed by atoms with Gasteiger partial charge in [0.2, 0.25) is 0 Å². The number of rotatable bonds is 7. The van der Waals surface area contributed by atoms with Gasteiger partial charge in [-0.25, -0.2) is 0 Å². The summed E-state index contributed by atoms with van der Waals surface area (Å²) in [6.45, 7) is 12.6. The Bertz CT molecular complexity index is 256. The topological polar surface area (TPSA) is 21.5 Å². The van der Waals surface area contributed by atoms with Gasteiger partial charge in [-0.3, -0.25) is 4.90 Å². The number of hydrogen-bond acceptors (Lipinski definition) is 3. The van der Waals surface area contributed by atoms with Crippen LogP contribution in [-0.4, -0.2) is 47.9 Å². The summed E-state index contributed by atoms with van der Waals surface area (Å²) in [5.41, 5.74) is 0.405. The van der Waals surface area contributed by atoms with Crippen LogP contribution in [0.1, 0.15) is 41.0 Å². The fourth-order valence-corrected chi connectivity index (χ4v) is 2.52. The van der Waals surface area contributed by atoms with Gasteiger partial charge in [-0.15, -0.1) is 0 Å². The van der Waals surface area contributed by atoms with E-state index in [9.17, 15) is 0 Å². The minimum atomic E-state index is 0.347. The monoisotopic (exact) mass is 227 g/mol. The molecule has 2 heterocycles. The summed E-state index contributed by atoms with van der Waals surface area (Å²) in [7, 11) is 0. The third-order valence-electron chi connectivity index (χ3n) is 4.14. The molecule has 3 heteroatoms. The standard InChI is InChI=1S/C13H25NO2/c1-6-10(4)16-8-12-13(5)11(14(12)13)7-15-9(2)3/h9-12H,6-8H2,1-5H3. The van der Waals surface area contributed by atoms with E-state index in [1.165, 1.54) is 0 Å². The van der Waals surface area contributed by atoms with Crippen LogP contribution in [0.15, 0.2) is 0 Å². The summed E-state index contributed by atoms with van der Waals surface area (Å²) in [6, 6.07) is 1.31. The molecule has 94 valence electrons. The van der Waals surface area contributed by atoms with Gasteiger partial charge in [-0.05, 0) is 34.1 Å². The van der Waals surface area contributed by atoms with E-state index in [2.05, 4.69) is 39.5 Å². The molecule has 16 heavy (non-hydrogen) atoms. The fraction of sp³-hybridized carbons (Fsp3) is 1.00. The second kappa shape index (κ2) is 4.28. The quantitative estimate of drug-likeness (QED) is 0.621. The number of ether oxygens (including phenoxy) is 2. The number of nitrogens with zero attached hydrogens (tertiary/aromatic N) is 1. The van der Waals surface area contributed by atoms with Gasteiger partial charge >= 0.3 is 0 Å². The van der Waals surface area contributed by atoms with Crippen LogP contribution in [0.4, 0.5) is 0 Å². The maximum atomic E-state index is 5.77. The molecule has 2 saturated heterocycles. The first-order valence-corrected chi connectivity index (χ1v) is 6.53. The van der Waals surface area contributed by atoms with Gasteiger partial charge in [0.05, 0.1) is 43.0 Å². The molecule has 2 aliphatic heterocycles. The van der Waals surface area contributed by atoms with Crippen molar-refractivity contribution in [3.05, 3.63) is 0 Å². The maximum absolute atomic E-state index is 5.77. The first-order chi connectivity index (χ1) is 7.51. The Morgan fingerprint density at radius 3 is 2.06 bits per heavy atom. The maximum Gasteiger partial charge on any atom is 0.0644 e. The summed E-state index contributed by atoms with van der Waals surface area (Å²) in [6.07, 6.45) is 1.85. The van der Waals surface area contributed by atoms with Gasteiger partial charge in [0.15, 0.2) is 0 Å². The van der Waals surface area contributed by atoms with Crippen LogP contribution in [0.3, 0.4) is 0 Å². The van der Waals surface area contributed by atoms with E-state index < -0.39 is 0 Å². The van der Waals surface area contributed by atoms with Crippen molar-refractivity contribution in [3.63, 3.8) is 0 Å². The van der Waals surface area contributed by atoms with Crippen molar-refractivity contribution in [3.8, 4) is 0 Å². The molecule has 0 aromatic rings. The van der Waals surface area contributed by atoms with Crippen molar-refractivity contribution in [1.82, 2.24) is 4.90 Å². The van der Waals surface area contributed by atoms with Gasteiger partial charge in [0.25, 0.3) is 0 Å². The molecule has 0 N–H and O–H groups in total. The van der Waals surface area contributed by atoms with Crippen molar-refractivity contribution in [1.29, 1.82) is 0 Å². The largest absolute Gasteiger partial charge is 0.377 e. The third kappa shape index (κ3) is 2.01. The zero-order valence-electron chi connectivity index (χ0n) is 11.2. The molecule has 0 saturated carbocycles. The molecular formula is C13H25NO2. The molecule has 0 aromatic heterocycles. The molecule has 2 fully saturated rings. The molecule has 0 spiro atoms. The predicted octanol–water partition coefficient (Wildman–Crippen LogP) is 2.05. The zero-order valence-corrected chi connectivity index (χ0v) is 11.2. The van der Waals surface area contributed by atoms with Crippen molar-refractivity contribution in [2.45, 2.75) is 70.9 Å². The highest BCUT2D eigenvalue weighted by Gasteiger charge is 2.81. The Balaban J connectivity index is 1.62. The molecule has 0 amide bonds. The van der Waals surface area contributed by atoms with Crippen LogP contribution < -0.4 is 0 Å². The molecule has 3 nitrogen and oxygen atoms in total. The van der Waals surface area contributed by atoms with Crippen molar-refractivity contribution in [2.24, 2.45) is 0 Å². The second-order valence-electron chi connectivity index (χ2n) is 5.60. The van der Waals surface area contributed by atoms with E-state index >= 15 is 0 Å². The van der Waals surface area contributed by atoms with E-state index in [1.807, 2.05) is 0 Å². The van der Waals surface area contributed by atoms with E-state index in [1.54, 1.807) is 0 Å². The Morgan fingerprint density at radius 2 is 1.62 bits per heavy atom. The Morgan fingerprint density at radius 1 is 1.12 bits per heavy atom. The summed E-state index contributed by atoms with van der Waals surface area (Å²) in [5.74, 6) is 0. The highest BCUT2D eigenvalue weighted by atomic mass is 16.5. The van der Waals surface area contributed by atoms with E-state index in [-0.39, 0.29) is 0 Å². The first-order valence-electron chi connectivity index (χ1n) is 6.53. The molecule has 5 atom stereocenters. The molecule has 5 unspecified atom stereocenters. The smallest absolute Gasteiger partial charge is 0.0644 e. The van der Waals surface area contributed by atoms with Crippen LogP contribution in [-0.2, 0) is 9.47 Å². The normalized spacial score (nSPS) is 42.0. The number of hydrogen-bond donors (Lipinski definition) is 0. The van der Waals surface area contributed by atoms with Crippen molar-refractivity contribution >= 4 is 0 Å². The van der Waals surface area contributed by atoms with Gasteiger partial charge in [-0.2, -0.15) is 0 Å². The fourth-order valence-electron chi connectivity index (χ4n) is 2.52. The van der Waals surface area contributed by atoms with Gasteiger partial charge in [-0.1, -0.05) is 6.92 Å². The molecule has 0 bridgehead atoms. The third-order valence-corrected chi connectivity index (χ3v) is 4.14. The minimum absolute atomic E-state index is 0.347. The van der Waals surface area contributed by atoms with Crippen LogP contribution in [0.25, 0.3) is 0 Å². The molecule has 2 rings (SSSR count). The summed E-state index contributed by atoms with van der Waals surface area (Å²) >= 11 is 0. The van der Waals surface area contributed by atoms with Gasteiger partial charge in [0, 0.05) is 0 Å². The first kappa shape index (κ1) is 12.3. The molecule has 0 radical (unpaired) electrons. The lowest BCUT2D eigenvalue weighted by molar-refractivity contribution is 0.0370. The van der Waals surface area contributed by atoms with Crippen LogP contribution in [0.2, 0.25) is 0 Å². The summed E-state index contributed by atoms with van der Waals surface area (Å²) in [5, 5.41) is 0. The lowest BCUT2D eigenvalue weighted by Gasteiger charge is -2.18. The van der Waals surface area contributed by atoms with Crippen molar-refractivity contribution in [2.75, 3.05) is 13.2 Å². The highest BCUT2D eigenvalue weighted by molar-refractivity contribution is 5.37. The van der Waals surface area contributed by atoms with Crippen LogP contribution in [0, 0.1) is 0 Å². The van der Waals surface area contributed by atoms with E-state index in [4.69, 9.17) is 9.47 Å². The molecule has 2 aliphatic rings. The van der Waals surface area contributed by atoms with E-state index in [0.29, 0.717) is 29.8 Å². The lowest BCUT2D eigenvalue weighted by Crippen LogP contribution is -2.32. The Hall–Kier alpha value is -0.120. The van der Waals surface area contributed by atoms with Crippen molar-refractivity contribution < 1.29 is 9.47 Å². The SMILES string of the molecule is CCC(C)OCC1N2C(COC(C)C)C12C. The lowest BCUT2D eigenvalue weighted by atomic mass is 10.0. The second-order valence-corrected chi connectivity index (χ2v) is 5.60. The van der Waals surface area contributed by atoms with Crippen LogP contribution in [0.5, 0.6) is 0 Å². The number of fused-ring (bicyclic) bond motifs is 1. The Labute approximate surface area is 99.1 Å².